The van der Waals surface area contributed by atoms with Crippen molar-refractivity contribution < 1.29 is 9.13 Å². The molecule has 2 rings (SSSR count). The van der Waals surface area contributed by atoms with Gasteiger partial charge in [0.25, 0.3) is 0 Å². The van der Waals surface area contributed by atoms with Crippen molar-refractivity contribution in [3.05, 3.63) is 52.8 Å². The summed E-state index contributed by atoms with van der Waals surface area (Å²) in [7, 11) is 1.45. The molecule has 0 aromatic heterocycles. The molecule has 3 heteroatoms. The first-order chi connectivity index (χ1) is 8.13. The van der Waals surface area contributed by atoms with Crippen molar-refractivity contribution in [2.24, 2.45) is 0 Å². The minimum Gasteiger partial charge on any atom is -0.493 e. The third-order valence-corrected chi connectivity index (χ3v) is 2.87. The van der Waals surface area contributed by atoms with Crippen LogP contribution in [0.25, 0.3) is 11.1 Å². The molecule has 0 unspecified atom stereocenters. The smallest absolute Gasteiger partial charge is 0.167 e. The molecule has 0 heterocycles. The van der Waals surface area contributed by atoms with E-state index in [0.717, 1.165) is 11.1 Å². The van der Waals surface area contributed by atoms with Crippen LogP contribution in [0.4, 0.5) is 4.39 Å². The van der Waals surface area contributed by atoms with Gasteiger partial charge < -0.3 is 4.74 Å². The summed E-state index contributed by atoms with van der Waals surface area (Å²) in [5, 5.41) is 0.363. The van der Waals surface area contributed by atoms with Crippen molar-refractivity contribution in [2.75, 3.05) is 7.11 Å². The van der Waals surface area contributed by atoms with E-state index in [9.17, 15) is 4.39 Å². The normalized spacial score (nSPS) is 10.4. The number of benzene rings is 2. The molecular weight excluding hydrogens is 239 g/mol. The van der Waals surface area contributed by atoms with Gasteiger partial charge in [-0.1, -0.05) is 35.9 Å². The number of aryl methyl sites for hydroxylation is 1. The Morgan fingerprint density at radius 2 is 1.82 bits per heavy atom. The van der Waals surface area contributed by atoms with Crippen molar-refractivity contribution in [2.45, 2.75) is 6.92 Å². The molecule has 0 aliphatic carbocycles. The summed E-state index contributed by atoms with van der Waals surface area (Å²) in [6.45, 7) is 1.97. The molecule has 0 saturated heterocycles. The number of halogens is 2. The first-order valence-corrected chi connectivity index (χ1v) is 5.60. The van der Waals surface area contributed by atoms with Gasteiger partial charge in [-0.2, -0.15) is 0 Å². The molecule has 2 aromatic rings. The second-order valence-corrected chi connectivity index (χ2v) is 4.22. The Labute approximate surface area is 105 Å². The molecule has 0 fully saturated rings. The number of hydrogen-bond acceptors (Lipinski definition) is 1. The first-order valence-electron chi connectivity index (χ1n) is 5.22. The zero-order chi connectivity index (χ0) is 12.4. The third kappa shape index (κ3) is 2.27. The van der Waals surface area contributed by atoms with Crippen LogP contribution in [0.5, 0.6) is 5.75 Å². The van der Waals surface area contributed by atoms with E-state index in [2.05, 4.69) is 0 Å². The lowest BCUT2D eigenvalue weighted by molar-refractivity contribution is 0.388. The molecule has 0 spiro atoms. The van der Waals surface area contributed by atoms with Gasteiger partial charge in [0, 0.05) is 10.6 Å². The molecule has 88 valence electrons. The minimum absolute atomic E-state index is 0.226. The second kappa shape index (κ2) is 4.76. The van der Waals surface area contributed by atoms with Gasteiger partial charge in [-0.3, -0.25) is 0 Å². The van der Waals surface area contributed by atoms with Gasteiger partial charge in [0.1, 0.15) is 0 Å². The summed E-state index contributed by atoms with van der Waals surface area (Å²) in [6.07, 6.45) is 0. The Hall–Kier alpha value is -1.54. The highest BCUT2D eigenvalue weighted by Crippen LogP contribution is 2.36. The van der Waals surface area contributed by atoms with E-state index in [1.807, 2.05) is 31.2 Å². The predicted molar refractivity (Wildman–Crippen MR) is 68.1 cm³/mol. The predicted octanol–water partition coefficient (Wildman–Crippen LogP) is 4.46. The minimum atomic E-state index is -0.446. The molecule has 0 bridgehead atoms. The number of hydrogen-bond donors (Lipinski definition) is 0. The van der Waals surface area contributed by atoms with Crippen LogP contribution >= 0.6 is 11.6 Å². The monoisotopic (exact) mass is 250 g/mol. The fraction of sp³-hybridized carbons (Fsp3) is 0.143. The van der Waals surface area contributed by atoms with Crippen molar-refractivity contribution in [1.82, 2.24) is 0 Å². The molecule has 0 amide bonds. The lowest BCUT2D eigenvalue weighted by Gasteiger charge is -2.12. The van der Waals surface area contributed by atoms with Crippen LogP contribution in [0.15, 0.2) is 36.4 Å². The zero-order valence-corrected chi connectivity index (χ0v) is 10.4. The maximum absolute atomic E-state index is 13.7. The molecule has 17 heavy (non-hydrogen) atoms. The maximum atomic E-state index is 13.7. The lowest BCUT2D eigenvalue weighted by Crippen LogP contribution is -1.93. The summed E-state index contributed by atoms with van der Waals surface area (Å²) >= 11 is 5.89. The Kier molecular flexibility index (Phi) is 3.34. The largest absolute Gasteiger partial charge is 0.493 e. The fourth-order valence-electron chi connectivity index (χ4n) is 1.84. The van der Waals surface area contributed by atoms with Crippen LogP contribution < -0.4 is 4.74 Å². The topological polar surface area (TPSA) is 9.23 Å². The fourth-order valence-corrected chi connectivity index (χ4v) is 2.05. The first kappa shape index (κ1) is 11.9. The third-order valence-electron chi connectivity index (χ3n) is 2.65. The van der Waals surface area contributed by atoms with E-state index in [1.54, 1.807) is 6.07 Å². The molecule has 0 aliphatic heterocycles. The Bertz CT molecular complexity index is 552. The number of methoxy groups -OCH3 is 1. The number of rotatable bonds is 2. The SMILES string of the molecule is COc1c(F)cc(Cl)cc1-c1ccccc1C. The van der Waals surface area contributed by atoms with Crippen LogP contribution in [0, 0.1) is 12.7 Å². The van der Waals surface area contributed by atoms with E-state index in [1.165, 1.54) is 13.2 Å². The summed E-state index contributed by atoms with van der Waals surface area (Å²) < 4.78 is 18.8. The van der Waals surface area contributed by atoms with Crippen LogP contribution in [0.3, 0.4) is 0 Å². The highest BCUT2D eigenvalue weighted by atomic mass is 35.5. The molecule has 1 nitrogen and oxygen atoms in total. The van der Waals surface area contributed by atoms with Crippen molar-refractivity contribution in [1.29, 1.82) is 0 Å². The van der Waals surface area contributed by atoms with Crippen LogP contribution in [0.2, 0.25) is 5.02 Å². The Balaban J connectivity index is 2.70. The summed E-state index contributed by atoms with van der Waals surface area (Å²) in [5.74, 6) is -0.220. The van der Waals surface area contributed by atoms with Crippen molar-refractivity contribution in [3.8, 4) is 16.9 Å². The summed E-state index contributed by atoms with van der Waals surface area (Å²) in [4.78, 5) is 0. The van der Waals surface area contributed by atoms with Gasteiger partial charge in [-0.05, 0) is 30.2 Å². The van der Waals surface area contributed by atoms with Gasteiger partial charge in [-0.25, -0.2) is 4.39 Å². The maximum Gasteiger partial charge on any atom is 0.167 e. The molecule has 0 N–H and O–H groups in total. The van der Waals surface area contributed by atoms with E-state index in [0.29, 0.717) is 10.6 Å². The molecule has 0 atom stereocenters. The summed E-state index contributed by atoms with van der Waals surface area (Å²) in [6, 6.07) is 10.7. The van der Waals surface area contributed by atoms with Gasteiger partial charge in [0.2, 0.25) is 0 Å². The molecule has 0 radical (unpaired) electrons. The molecule has 0 saturated carbocycles. The average Bonchev–Trinajstić information content (AvgIpc) is 2.28. The van der Waals surface area contributed by atoms with Gasteiger partial charge in [0.05, 0.1) is 7.11 Å². The van der Waals surface area contributed by atoms with Crippen LogP contribution in [0.1, 0.15) is 5.56 Å². The van der Waals surface area contributed by atoms with Gasteiger partial charge >= 0.3 is 0 Å². The zero-order valence-electron chi connectivity index (χ0n) is 9.63. The van der Waals surface area contributed by atoms with Crippen LogP contribution in [-0.2, 0) is 0 Å². The highest BCUT2D eigenvalue weighted by Gasteiger charge is 2.13. The molecular formula is C14H12ClFO. The highest BCUT2D eigenvalue weighted by molar-refractivity contribution is 6.31. The van der Waals surface area contributed by atoms with Crippen molar-refractivity contribution in [3.63, 3.8) is 0 Å². The van der Waals surface area contributed by atoms with Gasteiger partial charge in [0.15, 0.2) is 11.6 Å². The van der Waals surface area contributed by atoms with Gasteiger partial charge in [-0.15, -0.1) is 0 Å². The second-order valence-electron chi connectivity index (χ2n) is 3.78. The molecule has 2 aromatic carbocycles. The van der Waals surface area contributed by atoms with E-state index < -0.39 is 5.82 Å². The van der Waals surface area contributed by atoms with Crippen molar-refractivity contribution >= 4 is 11.6 Å². The Morgan fingerprint density at radius 1 is 1.12 bits per heavy atom. The van der Waals surface area contributed by atoms with E-state index >= 15 is 0 Å². The molecule has 0 aliphatic rings. The van der Waals surface area contributed by atoms with E-state index in [-0.39, 0.29) is 5.75 Å². The van der Waals surface area contributed by atoms with E-state index in [4.69, 9.17) is 16.3 Å². The Morgan fingerprint density at radius 3 is 2.47 bits per heavy atom. The summed E-state index contributed by atoms with van der Waals surface area (Å²) in [5.41, 5.74) is 2.65. The lowest BCUT2D eigenvalue weighted by atomic mass is 9.99. The quantitative estimate of drug-likeness (QED) is 0.765. The average molecular weight is 251 g/mol. The number of ether oxygens (including phenoxy) is 1. The van der Waals surface area contributed by atoms with Crippen LogP contribution in [-0.4, -0.2) is 7.11 Å². The standard InChI is InChI=1S/C14H12ClFO/c1-9-5-3-4-6-11(9)12-7-10(15)8-13(16)14(12)17-2/h3-8H,1-2H3.